The number of nitrogens with one attached hydrogen (secondary N) is 1. The predicted octanol–water partition coefficient (Wildman–Crippen LogP) is 2.79. The molecule has 2 amide bonds. The molecule has 0 bridgehead atoms. The van der Waals surface area contributed by atoms with Gasteiger partial charge in [-0.25, -0.2) is 9.59 Å². The lowest BCUT2D eigenvalue weighted by atomic mass is 9.99. The smallest absolute Gasteiger partial charge is 0.327 e. The zero-order valence-electron chi connectivity index (χ0n) is 12.7. The van der Waals surface area contributed by atoms with E-state index in [9.17, 15) is 14.7 Å². The first kappa shape index (κ1) is 15.4. The number of urea groups is 1. The SMILES string of the molecule is CCCC(C)(C)NC(=O)N1c2ccccc2CC1C(=O)O. The lowest BCUT2D eigenvalue weighted by molar-refractivity contribution is -0.138. The van der Waals surface area contributed by atoms with Crippen molar-refractivity contribution >= 4 is 17.7 Å². The highest BCUT2D eigenvalue weighted by Crippen LogP contribution is 2.32. The molecular weight excluding hydrogens is 268 g/mol. The molecule has 5 nitrogen and oxygen atoms in total. The molecule has 1 unspecified atom stereocenters. The van der Waals surface area contributed by atoms with Gasteiger partial charge in [0, 0.05) is 17.6 Å². The molecule has 0 aromatic heterocycles. The van der Waals surface area contributed by atoms with Crippen molar-refractivity contribution in [3.63, 3.8) is 0 Å². The molecule has 1 aromatic carbocycles. The molecule has 2 N–H and O–H groups in total. The zero-order valence-corrected chi connectivity index (χ0v) is 12.7. The van der Waals surface area contributed by atoms with Crippen LogP contribution in [0.4, 0.5) is 10.5 Å². The molecule has 0 aliphatic carbocycles. The van der Waals surface area contributed by atoms with Crippen molar-refractivity contribution in [2.75, 3.05) is 4.90 Å². The average molecular weight is 290 g/mol. The molecule has 5 heteroatoms. The largest absolute Gasteiger partial charge is 0.480 e. The number of amides is 2. The average Bonchev–Trinajstić information content (AvgIpc) is 2.77. The van der Waals surface area contributed by atoms with Gasteiger partial charge in [0.15, 0.2) is 0 Å². The standard InChI is InChI=1S/C16H22N2O3/c1-4-9-16(2,3)17-15(21)18-12-8-6-5-7-11(12)10-13(18)14(19)20/h5-8,13H,4,9-10H2,1-3H3,(H,17,21)(H,19,20). The van der Waals surface area contributed by atoms with Crippen LogP contribution in [-0.4, -0.2) is 28.7 Å². The van der Waals surface area contributed by atoms with Gasteiger partial charge in [0.25, 0.3) is 0 Å². The van der Waals surface area contributed by atoms with Crippen molar-refractivity contribution < 1.29 is 14.7 Å². The summed E-state index contributed by atoms with van der Waals surface area (Å²) in [5.41, 5.74) is 1.23. The van der Waals surface area contributed by atoms with E-state index in [-0.39, 0.29) is 11.6 Å². The Morgan fingerprint density at radius 3 is 2.67 bits per heavy atom. The van der Waals surface area contributed by atoms with Crippen molar-refractivity contribution in [1.29, 1.82) is 0 Å². The van der Waals surface area contributed by atoms with Crippen LogP contribution in [0.1, 0.15) is 39.2 Å². The van der Waals surface area contributed by atoms with E-state index in [1.54, 1.807) is 6.07 Å². The Morgan fingerprint density at radius 1 is 1.38 bits per heavy atom. The van der Waals surface area contributed by atoms with E-state index in [4.69, 9.17) is 0 Å². The Bertz CT molecular complexity index is 554. The quantitative estimate of drug-likeness (QED) is 0.896. The molecule has 114 valence electrons. The van der Waals surface area contributed by atoms with Crippen LogP contribution < -0.4 is 10.2 Å². The molecule has 1 heterocycles. The maximum atomic E-state index is 12.6. The maximum Gasteiger partial charge on any atom is 0.327 e. The van der Waals surface area contributed by atoms with Gasteiger partial charge in [-0.1, -0.05) is 31.5 Å². The molecule has 0 radical (unpaired) electrons. The Labute approximate surface area is 125 Å². The molecule has 0 saturated carbocycles. The number of hydrogen-bond acceptors (Lipinski definition) is 2. The highest BCUT2D eigenvalue weighted by Gasteiger charge is 2.39. The van der Waals surface area contributed by atoms with E-state index < -0.39 is 12.0 Å². The van der Waals surface area contributed by atoms with Crippen LogP contribution >= 0.6 is 0 Å². The first-order chi connectivity index (χ1) is 9.85. The molecule has 21 heavy (non-hydrogen) atoms. The second-order valence-corrected chi connectivity index (χ2v) is 6.12. The number of anilines is 1. The Morgan fingerprint density at radius 2 is 2.05 bits per heavy atom. The summed E-state index contributed by atoms with van der Waals surface area (Å²) in [4.78, 5) is 25.4. The van der Waals surface area contributed by atoms with Gasteiger partial charge in [0.2, 0.25) is 0 Å². The van der Waals surface area contributed by atoms with Gasteiger partial charge < -0.3 is 10.4 Å². The number of para-hydroxylation sites is 1. The fourth-order valence-electron chi connectivity index (χ4n) is 2.87. The van der Waals surface area contributed by atoms with Crippen molar-refractivity contribution in [1.82, 2.24) is 5.32 Å². The highest BCUT2D eigenvalue weighted by molar-refractivity contribution is 6.01. The van der Waals surface area contributed by atoms with Crippen molar-refractivity contribution in [2.45, 2.75) is 51.6 Å². The molecule has 0 saturated heterocycles. The van der Waals surface area contributed by atoms with Crippen LogP contribution in [0.2, 0.25) is 0 Å². The fraction of sp³-hybridized carbons (Fsp3) is 0.500. The summed E-state index contributed by atoms with van der Waals surface area (Å²) in [6.07, 6.45) is 2.14. The summed E-state index contributed by atoms with van der Waals surface area (Å²) in [6, 6.07) is 6.17. The molecule has 2 rings (SSSR count). The third-order valence-corrected chi connectivity index (χ3v) is 3.80. The highest BCUT2D eigenvalue weighted by atomic mass is 16.4. The van der Waals surface area contributed by atoms with Crippen LogP contribution in [0.25, 0.3) is 0 Å². The third kappa shape index (κ3) is 3.17. The summed E-state index contributed by atoms with van der Waals surface area (Å²) in [5, 5.41) is 12.3. The van der Waals surface area contributed by atoms with Gasteiger partial charge in [-0.3, -0.25) is 4.90 Å². The number of rotatable bonds is 4. The van der Waals surface area contributed by atoms with E-state index in [1.165, 1.54) is 4.90 Å². The Kier molecular flexibility index (Phi) is 4.21. The van der Waals surface area contributed by atoms with E-state index in [0.29, 0.717) is 12.1 Å². The molecular formula is C16H22N2O3. The molecule has 1 atom stereocenters. The summed E-state index contributed by atoms with van der Waals surface area (Å²) in [6.45, 7) is 5.96. The zero-order chi connectivity index (χ0) is 15.6. The van der Waals surface area contributed by atoms with Gasteiger partial charge in [-0.15, -0.1) is 0 Å². The minimum Gasteiger partial charge on any atom is -0.480 e. The number of hydrogen-bond donors (Lipinski definition) is 2. The number of carboxylic acids is 1. The number of carbonyl (C=O) groups excluding carboxylic acids is 1. The molecule has 0 spiro atoms. The lowest BCUT2D eigenvalue weighted by Crippen LogP contribution is -2.54. The molecule has 1 aliphatic heterocycles. The molecule has 1 aromatic rings. The van der Waals surface area contributed by atoms with Crippen molar-refractivity contribution in [3.05, 3.63) is 29.8 Å². The number of nitrogens with zero attached hydrogens (tertiary/aromatic N) is 1. The normalized spacial score (nSPS) is 17.5. The van der Waals surface area contributed by atoms with Crippen molar-refractivity contribution in [3.8, 4) is 0 Å². The summed E-state index contributed by atoms with van der Waals surface area (Å²) in [7, 11) is 0. The molecule has 1 aliphatic rings. The predicted molar refractivity (Wildman–Crippen MR) is 81.6 cm³/mol. The van der Waals surface area contributed by atoms with Crippen LogP contribution in [-0.2, 0) is 11.2 Å². The Balaban J connectivity index is 2.26. The minimum atomic E-state index is -0.977. The lowest BCUT2D eigenvalue weighted by Gasteiger charge is -2.31. The summed E-state index contributed by atoms with van der Waals surface area (Å²) < 4.78 is 0. The number of carbonyl (C=O) groups is 2. The van der Waals surface area contributed by atoms with Crippen LogP contribution in [0.3, 0.4) is 0 Å². The van der Waals surface area contributed by atoms with Gasteiger partial charge in [-0.05, 0) is 31.9 Å². The van der Waals surface area contributed by atoms with Crippen LogP contribution in [0.5, 0.6) is 0 Å². The van der Waals surface area contributed by atoms with Crippen LogP contribution in [0.15, 0.2) is 24.3 Å². The van der Waals surface area contributed by atoms with Gasteiger partial charge in [0.05, 0.1) is 0 Å². The third-order valence-electron chi connectivity index (χ3n) is 3.80. The van der Waals surface area contributed by atoms with E-state index >= 15 is 0 Å². The Hall–Kier alpha value is -2.04. The number of fused-ring (bicyclic) bond motifs is 1. The molecule has 0 fully saturated rings. The van der Waals surface area contributed by atoms with E-state index in [1.807, 2.05) is 32.0 Å². The number of benzene rings is 1. The van der Waals surface area contributed by atoms with Crippen molar-refractivity contribution in [2.24, 2.45) is 0 Å². The number of aliphatic carboxylic acids is 1. The van der Waals surface area contributed by atoms with E-state index in [0.717, 1.165) is 18.4 Å². The topological polar surface area (TPSA) is 69.6 Å². The minimum absolute atomic E-state index is 0.342. The summed E-state index contributed by atoms with van der Waals surface area (Å²) >= 11 is 0. The van der Waals surface area contributed by atoms with Gasteiger partial charge in [0.1, 0.15) is 6.04 Å². The van der Waals surface area contributed by atoms with Gasteiger partial charge >= 0.3 is 12.0 Å². The fourth-order valence-corrected chi connectivity index (χ4v) is 2.87. The first-order valence-corrected chi connectivity index (χ1v) is 7.28. The number of carboxylic acid groups (broad SMARTS) is 1. The second kappa shape index (κ2) is 5.76. The first-order valence-electron chi connectivity index (χ1n) is 7.28. The second-order valence-electron chi connectivity index (χ2n) is 6.12. The monoisotopic (exact) mass is 290 g/mol. The van der Waals surface area contributed by atoms with Crippen LogP contribution in [0, 0.1) is 0 Å². The summed E-state index contributed by atoms with van der Waals surface area (Å²) in [5.74, 6) is -0.977. The maximum absolute atomic E-state index is 12.6. The van der Waals surface area contributed by atoms with Gasteiger partial charge in [-0.2, -0.15) is 0 Å². The van der Waals surface area contributed by atoms with E-state index in [2.05, 4.69) is 12.2 Å².